The first-order chi connectivity index (χ1) is 19.1. The fourth-order valence-corrected chi connectivity index (χ4v) is 6.64. The molecule has 1 aromatic heterocycles. The summed E-state index contributed by atoms with van der Waals surface area (Å²) in [5.41, 5.74) is 13.7. The predicted molar refractivity (Wildman–Crippen MR) is 135 cm³/mol. The quantitative estimate of drug-likeness (QED) is 0.0681. The fourth-order valence-electron chi connectivity index (χ4n) is 3.61. The van der Waals surface area contributed by atoms with Gasteiger partial charge in [-0.3, -0.25) is 9.09 Å². The van der Waals surface area contributed by atoms with Gasteiger partial charge in [0.25, 0.3) is 0 Å². The first-order valence-electron chi connectivity index (χ1n) is 11.2. The average molecular weight is 640 g/mol. The van der Waals surface area contributed by atoms with Crippen LogP contribution in [0.4, 0.5) is 5.82 Å². The number of nitrogens with zero attached hydrogens (tertiary/aromatic N) is 5. The minimum Gasteiger partial charge on any atom is -0.456 e. The summed E-state index contributed by atoms with van der Waals surface area (Å²) in [4.78, 5) is 68.1. The van der Waals surface area contributed by atoms with Crippen LogP contribution >= 0.6 is 23.5 Å². The molecule has 0 saturated carbocycles. The summed E-state index contributed by atoms with van der Waals surface area (Å²) in [5, 5.41) is 3.43. The number of phosphoric acid groups is 3. The number of hydrogen-bond donors (Lipinski definition) is 5. The summed E-state index contributed by atoms with van der Waals surface area (Å²) >= 11 is 0. The maximum atomic E-state index is 13.1. The third kappa shape index (κ3) is 9.83. The lowest BCUT2D eigenvalue weighted by Crippen LogP contribution is -2.31. The molecule has 2 heterocycles. The average Bonchev–Trinajstić information content (AvgIpc) is 3.23. The Morgan fingerprint density at radius 1 is 1.17 bits per heavy atom. The molecule has 1 saturated heterocycles. The van der Waals surface area contributed by atoms with Gasteiger partial charge in [0.15, 0.2) is 0 Å². The number of hydrogen-bond acceptors (Lipinski definition) is 13. The van der Waals surface area contributed by atoms with Crippen LogP contribution in [-0.4, -0.2) is 60.5 Å². The van der Waals surface area contributed by atoms with Crippen LogP contribution in [0.25, 0.3) is 10.4 Å². The van der Waals surface area contributed by atoms with E-state index in [4.69, 9.17) is 30.5 Å². The van der Waals surface area contributed by atoms with Crippen LogP contribution in [-0.2, 0) is 42.7 Å². The van der Waals surface area contributed by atoms with E-state index in [1.54, 1.807) is 18.2 Å². The fraction of sp³-hybridized carbons (Fsp3) is 0.389. The highest BCUT2D eigenvalue weighted by Crippen LogP contribution is 2.66. The highest BCUT2D eigenvalue weighted by atomic mass is 31.3. The highest BCUT2D eigenvalue weighted by Gasteiger charge is 2.44. The number of anilines is 1. The lowest BCUT2D eigenvalue weighted by atomic mass is 10.0. The van der Waals surface area contributed by atoms with Gasteiger partial charge in [0.05, 0.1) is 12.2 Å². The van der Waals surface area contributed by atoms with Gasteiger partial charge in [0.2, 0.25) is 0 Å². The summed E-state index contributed by atoms with van der Waals surface area (Å²) < 4.78 is 58.9. The topological polar surface area (TPSA) is 305 Å². The minimum absolute atomic E-state index is 0.0468. The second-order valence-electron chi connectivity index (χ2n) is 8.10. The number of benzene rings is 1. The summed E-state index contributed by atoms with van der Waals surface area (Å²) in [6.07, 6.45) is -2.57. The van der Waals surface area contributed by atoms with Crippen LogP contribution in [0.5, 0.6) is 0 Å². The number of esters is 1. The number of aromatic nitrogens is 2. The molecule has 6 N–H and O–H groups in total. The smallest absolute Gasteiger partial charge is 0.456 e. The minimum atomic E-state index is -5.79. The van der Waals surface area contributed by atoms with E-state index in [2.05, 4.69) is 28.2 Å². The number of phosphoric ester groups is 1. The zero-order chi connectivity index (χ0) is 30.4. The molecule has 3 unspecified atom stereocenters. The van der Waals surface area contributed by atoms with E-state index >= 15 is 0 Å². The number of carbonyl (C=O) groups is 1. The molecular formula is C18H23N6O14P3. The van der Waals surface area contributed by atoms with Crippen molar-refractivity contribution in [1.82, 2.24) is 9.55 Å². The number of rotatable bonds is 13. The van der Waals surface area contributed by atoms with E-state index in [-0.39, 0.29) is 30.8 Å². The second kappa shape index (κ2) is 13.4. The molecule has 1 aliphatic rings. The van der Waals surface area contributed by atoms with E-state index in [0.29, 0.717) is 5.56 Å². The summed E-state index contributed by atoms with van der Waals surface area (Å²) in [6.45, 7) is -0.904. The molecule has 0 amide bonds. The first-order valence-corrected chi connectivity index (χ1v) is 15.7. The van der Waals surface area contributed by atoms with Crippen LogP contribution in [0.1, 0.15) is 28.6 Å². The van der Waals surface area contributed by atoms with Crippen molar-refractivity contribution >= 4 is 35.3 Å². The Labute approximate surface area is 229 Å². The molecule has 23 heteroatoms. The summed E-state index contributed by atoms with van der Waals surface area (Å²) in [6, 6.07) is 7.52. The lowest BCUT2D eigenvalue weighted by molar-refractivity contribution is -0.0511. The zero-order valence-electron chi connectivity index (χ0n) is 20.6. The van der Waals surface area contributed by atoms with Gasteiger partial charge in [0, 0.05) is 24.1 Å². The molecular weight excluding hydrogens is 617 g/mol. The van der Waals surface area contributed by atoms with Crippen molar-refractivity contribution in [3.8, 4) is 0 Å². The largest absolute Gasteiger partial charge is 0.490 e. The van der Waals surface area contributed by atoms with Crippen LogP contribution in [0.3, 0.4) is 0 Å². The molecule has 0 radical (unpaired) electrons. The van der Waals surface area contributed by atoms with Gasteiger partial charge < -0.3 is 34.8 Å². The predicted octanol–water partition coefficient (Wildman–Crippen LogP) is 1.53. The van der Waals surface area contributed by atoms with E-state index in [1.165, 1.54) is 18.3 Å². The number of azide groups is 1. The van der Waals surface area contributed by atoms with Crippen molar-refractivity contribution in [2.24, 2.45) is 5.11 Å². The van der Waals surface area contributed by atoms with Crippen molar-refractivity contribution in [3.63, 3.8) is 0 Å². The maximum absolute atomic E-state index is 13.1. The molecule has 1 aromatic carbocycles. The molecule has 1 aliphatic heterocycles. The normalized spacial score (nSPS) is 21.8. The standard InChI is InChI=1S/C18H23N6O14P3/c19-15-6-8-24(18(26)22-15)16-9-13(36-17(25)12-4-2-1-3-11(12)5-7-21-23-20)14(35-16)10-34-40(30,31)38-41(32,33)37-39(27,28)29/h1-4,6,8,13-14,16H,5,7,9-10H2,(H,30,31)(H,32,33)(H2,19,22,26)(H2,27,28,29)/t13?,14-,16-/m1/s1. The maximum Gasteiger partial charge on any atom is 0.490 e. The molecule has 5 atom stereocenters. The molecule has 3 rings (SSSR count). The Morgan fingerprint density at radius 3 is 2.54 bits per heavy atom. The van der Waals surface area contributed by atoms with E-state index < -0.39 is 60.2 Å². The highest BCUT2D eigenvalue weighted by molar-refractivity contribution is 7.66. The Morgan fingerprint density at radius 2 is 1.88 bits per heavy atom. The van der Waals surface area contributed by atoms with Gasteiger partial charge in [-0.25, -0.2) is 23.3 Å². The molecule has 2 aromatic rings. The van der Waals surface area contributed by atoms with Crippen molar-refractivity contribution in [1.29, 1.82) is 0 Å². The Hall–Kier alpha value is -2.95. The van der Waals surface area contributed by atoms with E-state index in [9.17, 15) is 33.1 Å². The molecule has 224 valence electrons. The molecule has 1 fully saturated rings. The van der Waals surface area contributed by atoms with Crippen LogP contribution in [0.15, 0.2) is 46.4 Å². The van der Waals surface area contributed by atoms with Gasteiger partial charge in [-0.2, -0.15) is 13.6 Å². The molecule has 41 heavy (non-hydrogen) atoms. The van der Waals surface area contributed by atoms with Gasteiger partial charge in [0.1, 0.15) is 24.3 Å². The van der Waals surface area contributed by atoms with Gasteiger partial charge >= 0.3 is 35.1 Å². The monoisotopic (exact) mass is 640 g/mol. The van der Waals surface area contributed by atoms with Crippen LogP contribution in [0.2, 0.25) is 0 Å². The van der Waals surface area contributed by atoms with Crippen molar-refractivity contribution < 1.29 is 60.7 Å². The number of nitrogen functional groups attached to an aromatic ring is 1. The lowest BCUT2D eigenvalue weighted by Gasteiger charge is -2.21. The first kappa shape index (κ1) is 32.6. The summed E-state index contributed by atoms with van der Waals surface area (Å²) in [5.74, 6) is -0.962. The molecule has 20 nitrogen and oxygen atoms in total. The number of carbonyl (C=O) groups excluding carboxylic acids is 1. The molecule has 0 bridgehead atoms. The second-order valence-corrected chi connectivity index (χ2v) is 12.5. The summed E-state index contributed by atoms with van der Waals surface area (Å²) in [7, 11) is -16.9. The van der Waals surface area contributed by atoms with Crippen molar-refractivity contribution in [2.75, 3.05) is 18.9 Å². The molecule has 0 spiro atoms. The third-order valence-electron chi connectivity index (χ3n) is 5.20. The zero-order valence-corrected chi connectivity index (χ0v) is 23.2. The van der Waals surface area contributed by atoms with E-state index in [1.807, 2.05) is 0 Å². The number of ether oxygens (including phenoxy) is 2. The van der Waals surface area contributed by atoms with Crippen LogP contribution in [0, 0.1) is 0 Å². The molecule has 0 aliphatic carbocycles. The Bertz CT molecular complexity index is 1520. The Kier molecular flexibility index (Phi) is 10.6. The van der Waals surface area contributed by atoms with Gasteiger partial charge in [-0.15, -0.1) is 0 Å². The Balaban J connectivity index is 1.81. The SMILES string of the molecule is [N-]=[N+]=NCCc1ccccc1C(=O)OC1C[C@H](n2ccc(N)nc2=O)O[C@@H]1COP(=O)(O)OP(=O)(O)OP(=O)(O)O. The third-order valence-corrected chi connectivity index (χ3v) is 9.00. The van der Waals surface area contributed by atoms with Crippen LogP contribution < -0.4 is 11.4 Å². The van der Waals surface area contributed by atoms with Gasteiger partial charge in [-0.05, 0) is 29.6 Å². The van der Waals surface area contributed by atoms with Gasteiger partial charge in [-0.1, -0.05) is 23.3 Å². The van der Waals surface area contributed by atoms with E-state index in [0.717, 1.165) is 4.57 Å². The number of nitrogens with two attached hydrogens (primary N) is 1. The van der Waals surface area contributed by atoms with Crippen molar-refractivity contribution in [3.05, 3.63) is 68.6 Å². The van der Waals surface area contributed by atoms with Crippen molar-refractivity contribution in [2.45, 2.75) is 31.3 Å².